The highest BCUT2D eigenvalue weighted by molar-refractivity contribution is 7.92. The normalized spacial score (nSPS) is 16.9. The molecule has 2 heterocycles. The third-order valence-electron chi connectivity index (χ3n) is 7.72. The highest BCUT2D eigenvalue weighted by atomic mass is 32.2. The zero-order valence-electron chi connectivity index (χ0n) is 24.4. The number of methoxy groups -OCH3 is 1. The summed E-state index contributed by atoms with van der Waals surface area (Å²) in [7, 11) is -5.89. The molecule has 43 heavy (non-hydrogen) atoms. The number of anilines is 1. The summed E-state index contributed by atoms with van der Waals surface area (Å²) in [5, 5.41) is 7.94. The molecule has 3 aromatic carbocycles. The van der Waals surface area contributed by atoms with Gasteiger partial charge in [0.1, 0.15) is 10.5 Å². The molecule has 0 saturated carbocycles. The van der Waals surface area contributed by atoms with Crippen molar-refractivity contribution < 1.29 is 30.8 Å². The van der Waals surface area contributed by atoms with E-state index < -0.39 is 42.1 Å². The molecule has 5 rings (SSSR count). The Morgan fingerprint density at radius 3 is 2.35 bits per heavy atom. The Morgan fingerprint density at radius 2 is 1.72 bits per heavy atom. The first-order valence-electron chi connectivity index (χ1n) is 13.3. The number of aryl methyl sites for hydroxylation is 1. The van der Waals surface area contributed by atoms with Gasteiger partial charge in [0.2, 0.25) is 17.7 Å². The van der Waals surface area contributed by atoms with Crippen LogP contribution >= 0.6 is 0 Å². The molecule has 1 aromatic heterocycles. The number of hydrogen-bond donors (Lipinski definition) is 1. The molecule has 0 unspecified atom stereocenters. The van der Waals surface area contributed by atoms with Crippen molar-refractivity contribution in [1.29, 1.82) is 0 Å². The summed E-state index contributed by atoms with van der Waals surface area (Å²) in [6.07, 6.45) is 1.07. The Balaban J connectivity index is 1.54. The predicted molar refractivity (Wildman–Crippen MR) is 162 cm³/mol. The lowest BCUT2D eigenvalue weighted by atomic mass is 9.99. The maximum atomic E-state index is 13.5. The minimum atomic E-state index is -3.92. The van der Waals surface area contributed by atoms with Crippen molar-refractivity contribution in [2.45, 2.75) is 43.0 Å². The lowest BCUT2D eigenvalue weighted by Crippen LogP contribution is -2.45. The second-order valence-corrected chi connectivity index (χ2v) is 15.6. The number of fused-ring (bicyclic) bond motifs is 1. The number of nitrogens with two attached hydrogens (primary N) is 1. The monoisotopic (exact) mass is 624 g/mol. The Bertz CT molecular complexity index is 1930. The molecule has 0 saturated heterocycles. The summed E-state index contributed by atoms with van der Waals surface area (Å²) >= 11 is 0. The van der Waals surface area contributed by atoms with Crippen LogP contribution in [0.3, 0.4) is 0 Å². The van der Waals surface area contributed by atoms with Crippen LogP contribution in [0.5, 0.6) is 5.75 Å². The van der Waals surface area contributed by atoms with Crippen LogP contribution in [0.25, 0.3) is 22.6 Å². The van der Waals surface area contributed by atoms with E-state index in [0.717, 1.165) is 34.3 Å². The molecule has 1 amide bonds. The number of hydrogen-bond acceptors (Lipinski definition) is 10. The van der Waals surface area contributed by atoms with Crippen LogP contribution in [0, 0.1) is 6.92 Å². The number of sulfone groups is 2. The van der Waals surface area contributed by atoms with Gasteiger partial charge in [-0.2, -0.15) is 0 Å². The summed E-state index contributed by atoms with van der Waals surface area (Å²) < 4.78 is 60.6. The standard InChI is InChI=1S/C30H32N4O7S2/c1-18-14-22(40-4)11-12-23(18)20-8-6-19(7-9-20)16-34-25-15-21(10-13-26(25)43(38,39)17-24(31)28(34)35)27-32-33-29(41-27)30(2,3)42(5,36)37/h6-15,24H,16-17,31H2,1-5H3/t24-/m0/s1. The van der Waals surface area contributed by atoms with E-state index in [4.69, 9.17) is 14.9 Å². The fraction of sp³-hybridized carbons (Fsp3) is 0.300. The second kappa shape index (κ2) is 10.9. The summed E-state index contributed by atoms with van der Waals surface area (Å²) in [5.74, 6) is -0.476. The van der Waals surface area contributed by atoms with Crippen molar-refractivity contribution in [3.05, 3.63) is 77.7 Å². The number of carbonyl (C=O) groups excluding carboxylic acids is 1. The number of nitrogens with zero attached hydrogens (tertiary/aromatic N) is 3. The lowest BCUT2D eigenvalue weighted by Gasteiger charge is -2.24. The van der Waals surface area contributed by atoms with Gasteiger partial charge in [-0.1, -0.05) is 30.3 Å². The minimum Gasteiger partial charge on any atom is -0.497 e. The Labute approximate surface area is 250 Å². The van der Waals surface area contributed by atoms with Crippen LogP contribution in [0.15, 0.2) is 70.0 Å². The van der Waals surface area contributed by atoms with E-state index in [2.05, 4.69) is 10.2 Å². The van der Waals surface area contributed by atoms with Crippen molar-refractivity contribution in [2.75, 3.05) is 24.0 Å². The van der Waals surface area contributed by atoms with Crippen LogP contribution < -0.4 is 15.4 Å². The molecule has 11 nitrogen and oxygen atoms in total. The predicted octanol–water partition coefficient (Wildman–Crippen LogP) is 3.65. The summed E-state index contributed by atoms with van der Waals surface area (Å²) in [4.78, 5) is 14.8. The molecule has 226 valence electrons. The van der Waals surface area contributed by atoms with Gasteiger partial charge in [0.05, 0.1) is 36.0 Å². The highest BCUT2D eigenvalue weighted by Crippen LogP contribution is 2.37. The van der Waals surface area contributed by atoms with Gasteiger partial charge in [0, 0.05) is 11.8 Å². The number of benzene rings is 3. The first-order chi connectivity index (χ1) is 20.1. The van der Waals surface area contributed by atoms with Crippen LogP contribution in [0.2, 0.25) is 0 Å². The summed E-state index contributed by atoms with van der Waals surface area (Å²) in [6, 6.07) is 16.5. The van der Waals surface area contributed by atoms with Crippen molar-refractivity contribution in [3.63, 3.8) is 0 Å². The molecule has 1 atom stereocenters. The van der Waals surface area contributed by atoms with Crippen molar-refractivity contribution in [3.8, 4) is 28.3 Å². The Morgan fingerprint density at radius 1 is 1.05 bits per heavy atom. The van der Waals surface area contributed by atoms with Gasteiger partial charge in [-0.3, -0.25) is 4.79 Å². The van der Waals surface area contributed by atoms with Crippen LogP contribution in [0.1, 0.15) is 30.9 Å². The summed E-state index contributed by atoms with van der Waals surface area (Å²) in [6.45, 7) is 4.95. The van der Waals surface area contributed by atoms with Gasteiger partial charge in [-0.05, 0) is 73.4 Å². The smallest absolute Gasteiger partial charge is 0.247 e. The number of ether oxygens (including phenoxy) is 1. The second-order valence-electron chi connectivity index (χ2n) is 11.1. The number of rotatable bonds is 7. The van der Waals surface area contributed by atoms with Gasteiger partial charge in [-0.15, -0.1) is 10.2 Å². The Hall–Kier alpha value is -4.07. The van der Waals surface area contributed by atoms with E-state index in [0.29, 0.717) is 5.56 Å². The van der Waals surface area contributed by atoms with Gasteiger partial charge in [0.15, 0.2) is 19.7 Å². The van der Waals surface area contributed by atoms with Gasteiger partial charge < -0.3 is 19.8 Å². The molecule has 0 radical (unpaired) electrons. The molecule has 1 aliphatic heterocycles. The van der Waals surface area contributed by atoms with Crippen molar-refractivity contribution in [1.82, 2.24) is 10.2 Å². The number of aromatic nitrogens is 2. The average molecular weight is 625 g/mol. The SMILES string of the molecule is COc1ccc(-c2ccc(CN3C(=O)[C@@H](N)CS(=O)(=O)c4ccc(-c5nnc(C(C)(C)S(C)(=O)=O)o5)cc43)cc2)c(C)c1. The molecule has 0 bridgehead atoms. The average Bonchev–Trinajstić information content (AvgIpc) is 3.44. The fourth-order valence-electron chi connectivity index (χ4n) is 4.80. The van der Waals surface area contributed by atoms with Gasteiger partial charge >= 0.3 is 0 Å². The molecule has 0 fully saturated rings. The van der Waals surface area contributed by atoms with E-state index in [9.17, 15) is 21.6 Å². The van der Waals surface area contributed by atoms with Crippen molar-refractivity contribution in [2.24, 2.45) is 5.73 Å². The first kappa shape index (κ1) is 30.4. The molecule has 4 aromatic rings. The first-order valence-corrected chi connectivity index (χ1v) is 16.9. The lowest BCUT2D eigenvalue weighted by molar-refractivity contribution is -0.119. The zero-order chi connectivity index (χ0) is 31.3. The van der Waals surface area contributed by atoms with Crippen LogP contribution in [-0.2, 0) is 35.8 Å². The molecule has 13 heteroatoms. The zero-order valence-corrected chi connectivity index (χ0v) is 26.0. The molecule has 0 aliphatic carbocycles. The molecular formula is C30H32N4O7S2. The van der Waals surface area contributed by atoms with Crippen LogP contribution in [-0.4, -0.2) is 58.1 Å². The largest absolute Gasteiger partial charge is 0.497 e. The highest BCUT2D eigenvalue weighted by Gasteiger charge is 2.39. The van der Waals surface area contributed by atoms with E-state index in [1.165, 1.54) is 36.9 Å². The minimum absolute atomic E-state index is 0.0212. The van der Waals surface area contributed by atoms with E-state index in [1.54, 1.807) is 7.11 Å². The van der Waals surface area contributed by atoms with Crippen LogP contribution in [0.4, 0.5) is 5.69 Å². The van der Waals surface area contributed by atoms with Gasteiger partial charge in [0.25, 0.3) is 0 Å². The third kappa shape index (κ3) is 5.67. The number of amides is 1. The molecular weight excluding hydrogens is 592 g/mol. The van der Waals surface area contributed by atoms with Gasteiger partial charge in [-0.25, -0.2) is 16.8 Å². The molecule has 1 aliphatic rings. The quantitative estimate of drug-likeness (QED) is 0.321. The fourth-order valence-corrected chi connectivity index (χ4v) is 6.76. The van der Waals surface area contributed by atoms with E-state index in [1.807, 2.05) is 49.4 Å². The van der Waals surface area contributed by atoms with Crippen molar-refractivity contribution >= 4 is 31.3 Å². The Kier molecular flexibility index (Phi) is 7.69. The topological polar surface area (TPSA) is 163 Å². The van der Waals surface area contributed by atoms with E-state index in [-0.39, 0.29) is 28.9 Å². The third-order valence-corrected chi connectivity index (χ3v) is 11.6. The molecule has 2 N–H and O–H groups in total. The maximum Gasteiger partial charge on any atom is 0.247 e. The summed E-state index contributed by atoms with van der Waals surface area (Å²) in [5.41, 5.74) is 10.3. The number of carbonyl (C=O) groups is 1. The molecule has 0 spiro atoms. The maximum absolute atomic E-state index is 13.5. The van der Waals surface area contributed by atoms with E-state index >= 15 is 0 Å².